The normalized spacial score (nSPS) is 20.5. The van der Waals surface area contributed by atoms with Crippen LogP contribution in [0.3, 0.4) is 0 Å². The Morgan fingerprint density at radius 1 is 1.47 bits per heavy atom. The zero-order valence-corrected chi connectivity index (χ0v) is 11.0. The fourth-order valence-corrected chi connectivity index (χ4v) is 2.38. The van der Waals surface area contributed by atoms with Gasteiger partial charge in [-0.3, -0.25) is 4.90 Å². The minimum Gasteiger partial charge on any atom is -0.314 e. The molecule has 17 heavy (non-hydrogen) atoms. The number of nitrogens with one attached hydrogen (secondary N) is 1. The first-order valence-electron chi connectivity index (χ1n) is 5.89. The van der Waals surface area contributed by atoms with Crippen molar-refractivity contribution in [3.8, 4) is 0 Å². The second-order valence-corrected chi connectivity index (χ2v) is 5.57. The van der Waals surface area contributed by atoms with E-state index in [1.54, 1.807) is 12.1 Å². The van der Waals surface area contributed by atoms with Crippen molar-refractivity contribution in [1.82, 2.24) is 10.2 Å². The van der Waals surface area contributed by atoms with Crippen molar-refractivity contribution in [1.29, 1.82) is 0 Å². The van der Waals surface area contributed by atoms with Gasteiger partial charge in [0.25, 0.3) is 0 Å². The highest BCUT2D eigenvalue weighted by Gasteiger charge is 2.29. The van der Waals surface area contributed by atoms with Gasteiger partial charge in [-0.05, 0) is 31.5 Å². The Kier molecular flexibility index (Phi) is 3.71. The van der Waals surface area contributed by atoms with Crippen molar-refractivity contribution in [3.63, 3.8) is 0 Å². The van der Waals surface area contributed by atoms with E-state index >= 15 is 0 Å². The van der Waals surface area contributed by atoms with Crippen molar-refractivity contribution in [2.24, 2.45) is 0 Å². The fraction of sp³-hybridized carbons (Fsp3) is 0.538. The van der Waals surface area contributed by atoms with Crippen LogP contribution in [0.2, 0.25) is 5.02 Å². The highest BCUT2D eigenvalue weighted by atomic mass is 35.5. The predicted molar refractivity (Wildman–Crippen MR) is 68.8 cm³/mol. The minimum atomic E-state index is -0.352. The lowest BCUT2D eigenvalue weighted by Gasteiger charge is -2.42. The van der Waals surface area contributed by atoms with Crippen molar-refractivity contribution in [2.45, 2.75) is 25.9 Å². The number of nitrogens with zero attached hydrogens (tertiary/aromatic N) is 1. The lowest BCUT2D eigenvalue weighted by Crippen LogP contribution is -2.57. The Balaban J connectivity index is 2.11. The maximum Gasteiger partial charge on any atom is 0.141 e. The van der Waals surface area contributed by atoms with E-state index in [4.69, 9.17) is 11.6 Å². The van der Waals surface area contributed by atoms with Gasteiger partial charge in [0.15, 0.2) is 0 Å². The van der Waals surface area contributed by atoms with Crippen LogP contribution in [0.15, 0.2) is 18.2 Å². The zero-order valence-electron chi connectivity index (χ0n) is 10.3. The molecule has 2 nitrogen and oxygen atoms in total. The molecule has 0 spiro atoms. The van der Waals surface area contributed by atoms with Crippen molar-refractivity contribution in [3.05, 3.63) is 34.6 Å². The summed E-state index contributed by atoms with van der Waals surface area (Å²) in [5.41, 5.74) is 1.19. The Hall–Kier alpha value is -0.640. The summed E-state index contributed by atoms with van der Waals surface area (Å²) < 4.78 is 13.1. The molecule has 94 valence electrons. The van der Waals surface area contributed by atoms with E-state index in [0.29, 0.717) is 0 Å². The van der Waals surface area contributed by atoms with Crippen LogP contribution in [-0.2, 0) is 6.54 Å². The molecule has 1 aromatic carbocycles. The maximum atomic E-state index is 13.1. The lowest BCUT2D eigenvalue weighted by atomic mass is 9.99. The van der Waals surface area contributed by atoms with E-state index in [9.17, 15) is 4.39 Å². The maximum absolute atomic E-state index is 13.1. The van der Waals surface area contributed by atoms with E-state index in [-0.39, 0.29) is 16.4 Å². The van der Waals surface area contributed by atoms with Crippen LogP contribution in [-0.4, -0.2) is 30.1 Å². The zero-order chi connectivity index (χ0) is 12.5. The van der Waals surface area contributed by atoms with E-state index in [2.05, 4.69) is 24.1 Å². The summed E-state index contributed by atoms with van der Waals surface area (Å²) in [6.45, 7) is 8.21. The summed E-state index contributed by atoms with van der Waals surface area (Å²) >= 11 is 5.80. The van der Waals surface area contributed by atoms with Gasteiger partial charge < -0.3 is 5.32 Å². The molecule has 1 aliphatic heterocycles. The van der Waals surface area contributed by atoms with Crippen LogP contribution in [0.1, 0.15) is 19.4 Å². The first-order valence-corrected chi connectivity index (χ1v) is 6.26. The molecule has 1 heterocycles. The summed E-state index contributed by atoms with van der Waals surface area (Å²) in [6.07, 6.45) is 0. The molecule has 1 aromatic rings. The van der Waals surface area contributed by atoms with Gasteiger partial charge in [0.1, 0.15) is 5.82 Å². The van der Waals surface area contributed by atoms with Gasteiger partial charge in [0.2, 0.25) is 0 Å². The Labute approximate surface area is 107 Å². The second kappa shape index (κ2) is 4.92. The topological polar surface area (TPSA) is 15.3 Å². The molecule has 0 unspecified atom stereocenters. The third-order valence-electron chi connectivity index (χ3n) is 3.33. The number of piperazine rings is 1. The van der Waals surface area contributed by atoms with Crippen molar-refractivity contribution in [2.75, 3.05) is 19.6 Å². The molecular formula is C13H18ClFN2. The molecule has 1 N–H and O–H groups in total. The molecule has 1 aliphatic rings. The monoisotopic (exact) mass is 256 g/mol. The van der Waals surface area contributed by atoms with Gasteiger partial charge >= 0.3 is 0 Å². The van der Waals surface area contributed by atoms with Gasteiger partial charge in [0, 0.05) is 31.7 Å². The smallest absolute Gasteiger partial charge is 0.141 e. The Morgan fingerprint density at radius 2 is 2.24 bits per heavy atom. The molecule has 0 saturated carbocycles. The predicted octanol–water partition coefficient (Wildman–Crippen LogP) is 2.66. The van der Waals surface area contributed by atoms with Gasteiger partial charge in [0.05, 0.1) is 5.02 Å². The van der Waals surface area contributed by atoms with Crippen LogP contribution in [0.5, 0.6) is 0 Å². The SMILES string of the molecule is CC1(C)CNCCN1Cc1ccc(F)c(Cl)c1. The molecule has 0 aliphatic carbocycles. The molecule has 0 amide bonds. The average Bonchev–Trinajstić information content (AvgIpc) is 2.26. The van der Waals surface area contributed by atoms with Crippen molar-refractivity contribution >= 4 is 11.6 Å². The van der Waals surface area contributed by atoms with Crippen LogP contribution < -0.4 is 5.32 Å². The fourth-order valence-electron chi connectivity index (χ4n) is 2.17. The summed E-state index contributed by atoms with van der Waals surface area (Å²) in [6, 6.07) is 4.96. The van der Waals surface area contributed by atoms with Crippen LogP contribution in [0.4, 0.5) is 4.39 Å². The lowest BCUT2D eigenvalue weighted by molar-refractivity contribution is 0.0827. The molecule has 4 heteroatoms. The molecule has 2 rings (SSSR count). The highest BCUT2D eigenvalue weighted by Crippen LogP contribution is 2.22. The van der Waals surface area contributed by atoms with E-state index in [1.165, 1.54) is 6.07 Å². The number of hydrogen-bond donors (Lipinski definition) is 1. The minimum absolute atomic E-state index is 0.124. The first-order chi connectivity index (χ1) is 7.99. The van der Waals surface area contributed by atoms with E-state index < -0.39 is 0 Å². The third kappa shape index (κ3) is 2.97. The van der Waals surface area contributed by atoms with Gasteiger partial charge in [-0.25, -0.2) is 4.39 Å². The molecule has 0 bridgehead atoms. The number of benzene rings is 1. The Morgan fingerprint density at radius 3 is 2.88 bits per heavy atom. The molecular weight excluding hydrogens is 239 g/mol. The number of halogens is 2. The standard InChI is InChI=1S/C13H18ClFN2/c1-13(2)9-16-5-6-17(13)8-10-3-4-12(15)11(14)7-10/h3-4,7,16H,5-6,8-9H2,1-2H3. The number of hydrogen-bond acceptors (Lipinski definition) is 2. The molecule has 0 radical (unpaired) electrons. The molecule has 0 aromatic heterocycles. The van der Waals surface area contributed by atoms with Crippen molar-refractivity contribution < 1.29 is 4.39 Å². The number of rotatable bonds is 2. The first kappa shape index (κ1) is 12.8. The average molecular weight is 257 g/mol. The quantitative estimate of drug-likeness (QED) is 0.875. The summed E-state index contributed by atoms with van der Waals surface area (Å²) in [4.78, 5) is 2.40. The van der Waals surface area contributed by atoms with E-state index in [0.717, 1.165) is 31.7 Å². The van der Waals surface area contributed by atoms with Crippen LogP contribution in [0, 0.1) is 5.82 Å². The van der Waals surface area contributed by atoms with Gasteiger partial charge in [-0.1, -0.05) is 17.7 Å². The van der Waals surface area contributed by atoms with E-state index in [1.807, 2.05) is 0 Å². The Bertz CT molecular complexity index is 406. The summed E-state index contributed by atoms with van der Waals surface area (Å²) in [5, 5.41) is 3.59. The summed E-state index contributed by atoms with van der Waals surface area (Å²) in [7, 11) is 0. The molecule has 1 fully saturated rings. The third-order valence-corrected chi connectivity index (χ3v) is 3.62. The van der Waals surface area contributed by atoms with Crippen LogP contribution >= 0.6 is 11.6 Å². The second-order valence-electron chi connectivity index (χ2n) is 5.16. The van der Waals surface area contributed by atoms with Crippen LogP contribution in [0.25, 0.3) is 0 Å². The summed E-state index contributed by atoms with van der Waals surface area (Å²) in [5.74, 6) is -0.352. The molecule has 1 saturated heterocycles. The molecule has 0 atom stereocenters. The largest absolute Gasteiger partial charge is 0.314 e. The van der Waals surface area contributed by atoms with Gasteiger partial charge in [-0.15, -0.1) is 0 Å². The van der Waals surface area contributed by atoms with Gasteiger partial charge in [-0.2, -0.15) is 0 Å². The highest BCUT2D eigenvalue weighted by molar-refractivity contribution is 6.30.